The summed E-state index contributed by atoms with van der Waals surface area (Å²) in [6, 6.07) is 6.59. The molecule has 1 fully saturated rings. The molecule has 1 aliphatic rings. The van der Waals surface area contributed by atoms with Crippen molar-refractivity contribution in [2.45, 2.75) is 44.0 Å². The van der Waals surface area contributed by atoms with Gasteiger partial charge in [0.1, 0.15) is 11.8 Å². The third-order valence-corrected chi connectivity index (χ3v) is 5.55. The number of hydrogen-bond donors (Lipinski definition) is 0. The zero-order valence-electron chi connectivity index (χ0n) is 14.5. The number of unbranched alkanes of at least 4 members (excludes halogenated alkanes) is 2. The lowest BCUT2D eigenvalue weighted by Gasteiger charge is -2.28. The first-order chi connectivity index (χ1) is 11.6. The van der Waals surface area contributed by atoms with Gasteiger partial charge in [-0.3, -0.25) is 4.79 Å². The second-order valence-electron chi connectivity index (χ2n) is 5.74. The minimum absolute atomic E-state index is 0.00179. The molecule has 1 amide bonds. The first kappa shape index (κ1) is 18.6. The summed E-state index contributed by atoms with van der Waals surface area (Å²) < 4.78 is 10.2. The number of nitrogens with zero attached hydrogens (tertiary/aromatic N) is 1. The van der Waals surface area contributed by atoms with Crippen molar-refractivity contribution in [3.8, 4) is 5.75 Å². The zero-order chi connectivity index (χ0) is 17.5. The van der Waals surface area contributed by atoms with E-state index in [1.165, 1.54) is 7.11 Å². The molecule has 0 radical (unpaired) electrons. The lowest BCUT2D eigenvalue weighted by atomic mass is 10.1. The zero-order valence-corrected chi connectivity index (χ0v) is 15.3. The Morgan fingerprint density at radius 2 is 2.00 bits per heavy atom. The van der Waals surface area contributed by atoms with Gasteiger partial charge in [-0.2, -0.15) is 0 Å². The van der Waals surface area contributed by atoms with Crippen molar-refractivity contribution < 1.29 is 19.1 Å². The third kappa shape index (κ3) is 4.04. The van der Waals surface area contributed by atoms with Crippen LogP contribution in [-0.4, -0.2) is 48.2 Å². The maximum atomic E-state index is 13.1. The van der Waals surface area contributed by atoms with Gasteiger partial charge in [0.25, 0.3) is 5.91 Å². The van der Waals surface area contributed by atoms with Gasteiger partial charge < -0.3 is 14.4 Å². The van der Waals surface area contributed by atoms with Gasteiger partial charge in [0.15, 0.2) is 0 Å². The molecule has 1 heterocycles. The standard InChI is InChI=1S/C18H25NO4S/c1-4-5-6-11-16-19(14(12-24-16)18(21)23-3)17(20)13-9-7-8-10-15(13)22-2/h7-10,14,16H,4-6,11-12H2,1-3H3. The number of esters is 1. The average molecular weight is 351 g/mol. The number of benzene rings is 1. The first-order valence-corrected chi connectivity index (χ1v) is 9.34. The predicted molar refractivity (Wildman–Crippen MR) is 95.4 cm³/mol. The topological polar surface area (TPSA) is 55.8 Å². The number of carbonyl (C=O) groups excluding carboxylic acids is 2. The summed E-state index contributed by atoms with van der Waals surface area (Å²) >= 11 is 1.65. The molecule has 5 nitrogen and oxygen atoms in total. The number of rotatable bonds is 7. The lowest BCUT2D eigenvalue weighted by Crippen LogP contribution is -2.46. The second kappa shape index (κ2) is 8.97. The van der Waals surface area contributed by atoms with Gasteiger partial charge in [0.05, 0.1) is 25.2 Å². The Morgan fingerprint density at radius 3 is 2.67 bits per heavy atom. The molecule has 0 saturated carbocycles. The number of para-hydroxylation sites is 1. The van der Waals surface area contributed by atoms with Crippen LogP contribution in [0.2, 0.25) is 0 Å². The summed E-state index contributed by atoms with van der Waals surface area (Å²) in [5.74, 6) is 0.568. The highest BCUT2D eigenvalue weighted by Crippen LogP contribution is 2.35. The van der Waals surface area contributed by atoms with Gasteiger partial charge in [-0.25, -0.2) is 4.79 Å². The number of thioether (sulfide) groups is 1. The molecular formula is C18H25NO4S. The van der Waals surface area contributed by atoms with Crippen LogP contribution < -0.4 is 4.74 Å². The molecule has 0 N–H and O–H groups in total. The van der Waals surface area contributed by atoms with Gasteiger partial charge in [-0.15, -0.1) is 11.8 Å². The fraction of sp³-hybridized carbons (Fsp3) is 0.556. The molecule has 1 aromatic carbocycles. The summed E-state index contributed by atoms with van der Waals surface area (Å²) in [5.41, 5.74) is 0.483. The van der Waals surface area contributed by atoms with Crippen LogP contribution in [0.5, 0.6) is 5.75 Å². The van der Waals surface area contributed by atoms with Crippen molar-refractivity contribution in [1.29, 1.82) is 0 Å². The van der Waals surface area contributed by atoms with Crippen LogP contribution in [0.4, 0.5) is 0 Å². The summed E-state index contributed by atoms with van der Waals surface area (Å²) in [4.78, 5) is 26.9. The smallest absolute Gasteiger partial charge is 0.329 e. The van der Waals surface area contributed by atoms with E-state index in [2.05, 4.69) is 6.92 Å². The highest BCUT2D eigenvalue weighted by Gasteiger charge is 2.42. The Hall–Kier alpha value is -1.69. The average Bonchev–Trinajstić information content (AvgIpc) is 3.04. The fourth-order valence-electron chi connectivity index (χ4n) is 2.91. The van der Waals surface area contributed by atoms with Crippen molar-refractivity contribution in [2.24, 2.45) is 0 Å². The van der Waals surface area contributed by atoms with Gasteiger partial charge in [-0.05, 0) is 18.6 Å². The van der Waals surface area contributed by atoms with Crippen LogP contribution >= 0.6 is 11.8 Å². The molecule has 0 bridgehead atoms. The van der Waals surface area contributed by atoms with E-state index in [0.717, 1.165) is 25.7 Å². The van der Waals surface area contributed by atoms with Crippen molar-refractivity contribution >= 4 is 23.6 Å². The van der Waals surface area contributed by atoms with Crippen molar-refractivity contribution in [2.75, 3.05) is 20.0 Å². The molecule has 24 heavy (non-hydrogen) atoms. The molecule has 1 saturated heterocycles. The Morgan fingerprint density at radius 1 is 1.25 bits per heavy atom. The van der Waals surface area contributed by atoms with Crippen molar-refractivity contribution in [3.63, 3.8) is 0 Å². The Balaban J connectivity index is 2.27. The highest BCUT2D eigenvalue weighted by molar-refractivity contribution is 8.00. The summed E-state index contributed by atoms with van der Waals surface area (Å²) in [6.07, 6.45) is 4.17. The van der Waals surface area contributed by atoms with E-state index in [4.69, 9.17) is 9.47 Å². The normalized spacial score (nSPS) is 20.0. The van der Waals surface area contributed by atoms with Crippen LogP contribution in [-0.2, 0) is 9.53 Å². The third-order valence-electron chi connectivity index (χ3n) is 4.19. The van der Waals surface area contributed by atoms with Crippen LogP contribution in [0.25, 0.3) is 0 Å². The van der Waals surface area contributed by atoms with Gasteiger partial charge in [-0.1, -0.05) is 38.3 Å². The van der Waals surface area contributed by atoms with Crippen LogP contribution in [0, 0.1) is 0 Å². The maximum absolute atomic E-state index is 13.1. The summed E-state index contributed by atoms with van der Waals surface area (Å²) in [5, 5.41) is -0.00179. The van der Waals surface area contributed by atoms with Gasteiger partial charge in [0.2, 0.25) is 0 Å². The minimum Gasteiger partial charge on any atom is -0.496 e. The largest absolute Gasteiger partial charge is 0.496 e. The molecule has 2 rings (SSSR count). The Bertz CT molecular complexity index is 578. The molecule has 0 spiro atoms. The minimum atomic E-state index is -0.538. The molecule has 6 heteroatoms. The van der Waals surface area contributed by atoms with Gasteiger partial charge >= 0.3 is 5.97 Å². The maximum Gasteiger partial charge on any atom is 0.329 e. The molecule has 2 unspecified atom stereocenters. The second-order valence-corrected chi connectivity index (χ2v) is 6.95. The van der Waals surface area contributed by atoms with Crippen molar-refractivity contribution in [3.05, 3.63) is 29.8 Å². The molecule has 1 aromatic rings. The van der Waals surface area contributed by atoms with E-state index in [0.29, 0.717) is 17.1 Å². The van der Waals surface area contributed by atoms with Gasteiger partial charge in [0, 0.05) is 5.75 Å². The van der Waals surface area contributed by atoms with Crippen LogP contribution in [0.1, 0.15) is 43.0 Å². The van der Waals surface area contributed by atoms with Crippen molar-refractivity contribution in [1.82, 2.24) is 4.90 Å². The molecule has 2 atom stereocenters. The van der Waals surface area contributed by atoms with Crippen LogP contribution in [0.15, 0.2) is 24.3 Å². The molecule has 0 aromatic heterocycles. The number of methoxy groups -OCH3 is 2. The number of amides is 1. The first-order valence-electron chi connectivity index (χ1n) is 8.29. The highest BCUT2D eigenvalue weighted by atomic mass is 32.2. The molecule has 132 valence electrons. The molecule has 1 aliphatic heterocycles. The fourth-order valence-corrected chi connectivity index (χ4v) is 4.34. The summed E-state index contributed by atoms with van der Waals surface area (Å²) in [6.45, 7) is 2.15. The quantitative estimate of drug-likeness (QED) is 0.557. The predicted octanol–water partition coefficient (Wildman–Crippen LogP) is 3.33. The summed E-state index contributed by atoms with van der Waals surface area (Å²) in [7, 11) is 2.91. The monoisotopic (exact) mass is 351 g/mol. The number of ether oxygens (including phenoxy) is 2. The van der Waals surface area contributed by atoms with E-state index in [1.54, 1.807) is 42.0 Å². The lowest BCUT2D eigenvalue weighted by molar-refractivity contribution is -0.145. The van der Waals surface area contributed by atoms with E-state index in [9.17, 15) is 9.59 Å². The Labute approximate surface area is 147 Å². The van der Waals surface area contributed by atoms with Crippen LogP contribution in [0.3, 0.4) is 0 Å². The van der Waals surface area contributed by atoms with E-state index in [-0.39, 0.29) is 17.3 Å². The van der Waals surface area contributed by atoms with E-state index >= 15 is 0 Å². The number of hydrogen-bond acceptors (Lipinski definition) is 5. The Kier molecular flexibility index (Phi) is 6.97. The van der Waals surface area contributed by atoms with E-state index in [1.807, 2.05) is 6.07 Å². The number of carbonyl (C=O) groups is 2. The molecular weight excluding hydrogens is 326 g/mol. The van der Waals surface area contributed by atoms with E-state index < -0.39 is 6.04 Å². The SMILES string of the molecule is CCCCCC1SCC(C(=O)OC)N1C(=O)c1ccccc1OC. The molecule has 0 aliphatic carbocycles.